The lowest BCUT2D eigenvalue weighted by Crippen LogP contribution is -2.43. The lowest BCUT2D eigenvalue weighted by Gasteiger charge is -2.31. The molecule has 2 aromatic rings. The molecule has 1 saturated heterocycles. The summed E-state index contributed by atoms with van der Waals surface area (Å²) in [4.78, 5) is 14.9. The third-order valence-electron chi connectivity index (χ3n) is 4.50. The maximum absolute atomic E-state index is 12.8. The highest BCUT2D eigenvalue weighted by Crippen LogP contribution is 2.24. The minimum atomic E-state index is -3.58. The van der Waals surface area contributed by atoms with Crippen LogP contribution in [0.5, 0.6) is 0 Å². The fraction of sp³-hybridized carbons (Fsp3) is 0.444. The third-order valence-corrected chi connectivity index (χ3v) is 6.38. The number of nitrogens with one attached hydrogen (secondary N) is 2. The molecule has 27 heavy (non-hydrogen) atoms. The Kier molecular flexibility index (Phi) is 5.93. The fourth-order valence-corrected chi connectivity index (χ4v) is 4.74. The van der Waals surface area contributed by atoms with Crippen LogP contribution in [0.25, 0.3) is 0 Å². The molecule has 1 atom stereocenters. The van der Waals surface area contributed by atoms with Gasteiger partial charge in [0.1, 0.15) is 0 Å². The van der Waals surface area contributed by atoms with Crippen LogP contribution in [0.2, 0.25) is 0 Å². The van der Waals surface area contributed by atoms with Gasteiger partial charge in [0.2, 0.25) is 15.9 Å². The van der Waals surface area contributed by atoms with Gasteiger partial charge >= 0.3 is 0 Å². The number of hydrogen-bond acceptors (Lipinski definition) is 5. The zero-order chi connectivity index (χ0) is 19.4. The summed E-state index contributed by atoms with van der Waals surface area (Å²) in [5, 5.41) is 9.79. The van der Waals surface area contributed by atoms with Crippen molar-refractivity contribution in [1.82, 2.24) is 19.4 Å². The van der Waals surface area contributed by atoms with E-state index in [0.717, 1.165) is 5.69 Å². The molecule has 146 valence electrons. The van der Waals surface area contributed by atoms with Crippen molar-refractivity contribution in [3.63, 3.8) is 0 Å². The Balaban J connectivity index is 1.65. The van der Waals surface area contributed by atoms with Crippen LogP contribution in [0.1, 0.15) is 18.5 Å². The van der Waals surface area contributed by atoms with Crippen molar-refractivity contribution in [2.75, 3.05) is 32.5 Å². The van der Waals surface area contributed by atoms with Gasteiger partial charge in [-0.25, -0.2) is 8.42 Å². The van der Waals surface area contributed by atoms with Crippen LogP contribution in [0, 0.1) is 5.92 Å². The zero-order valence-corrected chi connectivity index (χ0v) is 16.4. The number of carbonyl (C=O) groups is 1. The summed E-state index contributed by atoms with van der Waals surface area (Å²) < 4.78 is 27.0. The van der Waals surface area contributed by atoms with E-state index >= 15 is 0 Å². The summed E-state index contributed by atoms with van der Waals surface area (Å²) in [5.41, 5.74) is 0.896. The molecule has 1 fully saturated rings. The molecule has 2 heterocycles. The van der Waals surface area contributed by atoms with Crippen LogP contribution in [-0.4, -0.2) is 60.9 Å². The molecule has 0 bridgehead atoms. The number of sulfonamides is 1. The first-order chi connectivity index (χ1) is 12.9. The van der Waals surface area contributed by atoms with Crippen molar-refractivity contribution in [3.05, 3.63) is 42.1 Å². The minimum Gasteiger partial charge on any atom is -0.309 e. The number of amides is 1. The van der Waals surface area contributed by atoms with E-state index < -0.39 is 15.9 Å². The molecule has 1 amide bonds. The van der Waals surface area contributed by atoms with Crippen LogP contribution in [0.4, 0.5) is 5.82 Å². The SMILES string of the molecule is CN(C)Cc1cc(NC(=O)C2CCCN(S(=O)(=O)c3ccccc3)C2)n[nH]1. The number of carbonyl (C=O) groups excluding carboxylic acids is 1. The lowest BCUT2D eigenvalue weighted by molar-refractivity contribution is -0.120. The molecule has 9 heteroatoms. The molecule has 2 N–H and O–H groups in total. The van der Waals surface area contributed by atoms with Gasteiger partial charge in [0.05, 0.1) is 16.5 Å². The Bertz CT molecular complexity index is 879. The monoisotopic (exact) mass is 391 g/mol. The molecule has 3 rings (SSSR count). The second-order valence-corrected chi connectivity index (χ2v) is 8.96. The van der Waals surface area contributed by atoms with Crippen LogP contribution < -0.4 is 5.32 Å². The predicted octanol–water partition coefficient (Wildman–Crippen LogP) is 1.51. The number of aromatic amines is 1. The van der Waals surface area contributed by atoms with Gasteiger partial charge in [0.15, 0.2) is 5.82 Å². The first-order valence-corrected chi connectivity index (χ1v) is 10.4. The fourth-order valence-electron chi connectivity index (χ4n) is 3.19. The van der Waals surface area contributed by atoms with Gasteiger partial charge in [-0.3, -0.25) is 9.89 Å². The van der Waals surface area contributed by atoms with Crippen molar-refractivity contribution < 1.29 is 13.2 Å². The third kappa shape index (κ3) is 4.74. The maximum atomic E-state index is 12.8. The van der Waals surface area contributed by atoms with E-state index in [2.05, 4.69) is 15.5 Å². The topological polar surface area (TPSA) is 98.4 Å². The van der Waals surface area contributed by atoms with E-state index in [9.17, 15) is 13.2 Å². The highest BCUT2D eigenvalue weighted by atomic mass is 32.2. The van der Waals surface area contributed by atoms with Gasteiger partial charge in [-0.1, -0.05) is 18.2 Å². The quantitative estimate of drug-likeness (QED) is 0.778. The summed E-state index contributed by atoms with van der Waals surface area (Å²) >= 11 is 0. The van der Waals surface area contributed by atoms with Gasteiger partial charge in [-0.15, -0.1) is 0 Å². The van der Waals surface area contributed by atoms with E-state index in [4.69, 9.17) is 0 Å². The molecule has 1 aliphatic heterocycles. The molecule has 0 radical (unpaired) electrons. The van der Waals surface area contributed by atoms with E-state index in [1.807, 2.05) is 19.0 Å². The van der Waals surface area contributed by atoms with Gasteiger partial charge in [0.25, 0.3) is 0 Å². The largest absolute Gasteiger partial charge is 0.309 e. The number of H-pyrrole nitrogens is 1. The summed E-state index contributed by atoms with van der Waals surface area (Å²) in [6.07, 6.45) is 1.30. The second kappa shape index (κ2) is 8.20. The van der Waals surface area contributed by atoms with Crippen molar-refractivity contribution >= 4 is 21.7 Å². The van der Waals surface area contributed by atoms with Gasteiger partial charge in [-0.05, 0) is 39.1 Å². The lowest BCUT2D eigenvalue weighted by atomic mass is 9.99. The molecule has 1 unspecified atom stereocenters. The van der Waals surface area contributed by atoms with Crippen molar-refractivity contribution in [3.8, 4) is 0 Å². The summed E-state index contributed by atoms with van der Waals surface area (Å²) in [7, 11) is 0.310. The van der Waals surface area contributed by atoms with Crippen LogP contribution >= 0.6 is 0 Å². The van der Waals surface area contributed by atoms with Crippen molar-refractivity contribution in [1.29, 1.82) is 0 Å². The number of rotatable bonds is 6. The Labute approximate surface area is 159 Å². The molecule has 1 aliphatic rings. The highest BCUT2D eigenvalue weighted by Gasteiger charge is 2.33. The van der Waals surface area contributed by atoms with Crippen LogP contribution in [0.15, 0.2) is 41.3 Å². The first kappa shape index (κ1) is 19.5. The molecule has 1 aromatic carbocycles. The number of anilines is 1. The Morgan fingerprint density at radius 1 is 1.33 bits per heavy atom. The van der Waals surface area contributed by atoms with Gasteiger partial charge in [0, 0.05) is 25.7 Å². The smallest absolute Gasteiger partial charge is 0.243 e. The van der Waals surface area contributed by atoms with E-state index in [0.29, 0.717) is 31.7 Å². The van der Waals surface area contributed by atoms with Gasteiger partial charge < -0.3 is 10.2 Å². The Hall–Kier alpha value is -2.23. The number of nitrogens with zero attached hydrogens (tertiary/aromatic N) is 3. The standard InChI is InChI=1S/C18H25N5O3S/c1-22(2)13-15-11-17(21-20-15)19-18(24)14-7-6-10-23(12-14)27(25,26)16-8-4-3-5-9-16/h3-5,8-9,11,14H,6-7,10,12-13H2,1-2H3,(H2,19,20,21,24). The van der Waals surface area contributed by atoms with E-state index in [1.165, 1.54) is 4.31 Å². The van der Waals surface area contributed by atoms with Crippen LogP contribution in [0.3, 0.4) is 0 Å². The molecule has 0 spiro atoms. The maximum Gasteiger partial charge on any atom is 0.243 e. The zero-order valence-electron chi connectivity index (χ0n) is 15.6. The summed E-state index contributed by atoms with van der Waals surface area (Å²) in [5.74, 6) is -0.142. The molecular weight excluding hydrogens is 366 g/mol. The summed E-state index contributed by atoms with van der Waals surface area (Å²) in [6, 6.07) is 10.1. The number of aromatic nitrogens is 2. The predicted molar refractivity (Wildman–Crippen MR) is 103 cm³/mol. The van der Waals surface area contributed by atoms with Crippen LogP contribution in [-0.2, 0) is 21.4 Å². The van der Waals surface area contributed by atoms with E-state index in [-0.39, 0.29) is 17.3 Å². The number of piperidine rings is 1. The average Bonchev–Trinajstić information content (AvgIpc) is 3.08. The van der Waals surface area contributed by atoms with Crippen molar-refractivity contribution in [2.45, 2.75) is 24.3 Å². The minimum absolute atomic E-state index is 0.179. The Morgan fingerprint density at radius 2 is 2.07 bits per heavy atom. The normalized spacial score (nSPS) is 18.6. The molecule has 1 aromatic heterocycles. The number of hydrogen-bond donors (Lipinski definition) is 2. The van der Waals surface area contributed by atoms with Gasteiger partial charge in [-0.2, -0.15) is 9.40 Å². The molecule has 0 aliphatic carbocycles. The second-order valence-electron chi connectivity index (χ2n) is 7.02. The molecule has 0 saturated carbocycles. The molecule has 8 nitrogen and oxygen atoms in total. The van der Waals surface area contributed by atoms with Crippen molar-refractivity contribution in [2.24, 2.45) is 5.92 Å². The first-order valence-electron chi connectivity index (χ1n) is 8.91. The Morgan fingerprint density at radius 3 is 2.78 bits per heavy atom. The average molecular weight is 391 g/mol. The highest BCUT2D eigenvalue weighted by molar-refractivity contribution is 7.89. The molecular formula is C18H25N5O3S. The van der Waals surface area contributed by atoms with E-state index in [1.54, 1.807) is 36.4 Å². The summed E-state index contributed by atoms with van der Waals surface area (Å²) in [6.45, 7) is 1.30. The number of benzene rings is 1.